The van der Waals surface area contributed by atoms with Crippen molar-refractivity contribution in [2.75, 3.05) is 45.2 Å². The second-order valence-electron chi connectivity index (χ2n) is 6.46. The molecule has 0 spiro atoms. The second kappa shape index (κ2) is 10.7. The van der Waals surface area contributed by atoms with Crippen LogP contribution in [0.3, 0.4) is 0 Å². The summed E-state index contributed by atoms with van der Waals surface area (Å²) in [5, 5.41) is 3.10. The fourth-order valence-electron chi connectivity index (χ4n) is 2.91. The van der Waals surface area contributed by atoms with E-state index in [0.29, 0.717) is 30.9 Å². The molecule has 5 nitrogen and oxygen atoms in total. The number of amides is 1. The predicted octanol–water partition coefficient (Wildman–Crippen LogP) is 2.65. The zero-order chi connectivity index (χ0) is 18.1. The largest absolute Gasteiger partial charge is 0.494 e. The molecule has 1 aliphatic heterocycles. The van der Waals surface area contributed by atoms with Gasteiger partial charge in [0.2, 0.25) is 5.91 Å². The highest BCUT2D eigenvalue weighted by Gasteiger charge is 2.24. The Morgan fingerprint density at radius 1 is 1.28 bits per heavy atom. The van der Waals surface area contributed by atoms with E-state index in [-0.39, 0.29) is 5.91 Å². The van der Waals surface area contributed by atoms with Crippen LogP contribution in [0.1, 0.15) is 20.8 Å². The van der Waals surface area contributed by atoms with Crippen LogP contribution in [0.2, 0.25) is 0 Å². The Morgan fingerprint density at radius 2 is 1.96 bits per heavy atom. The molecule has 1 fully saturated rings. The maximum absolute atomic E-state index is 12.2. The van der Waals surface area contributed by atoms with E-state index in [4.69, 9.17) is 9.47 Å². The maximum atomic E-state index is 12.2. The van der Waals surface area contributed by atoms with Crippen LogP contribution in [0.5, 0.6) is 5.75 Å². The van der Waals surface area contributed by atoms with Crippen molar-refractivity contribution in [3.8, 4) is 5.75 Å². The third-order valence-corrected chi connectivity index (χ3v) is 5.31. The summed E-state index contributed by atoms with van der Waals surface area (Å²) in [4.78, 5) is 15.7. The number of nitrogens with one attached hydrogen (secondary N) is 1. The first kappa shape index (κ1) is 20.1. The molecule has 1 atom stereocenters. The van der Waals surface area contributed by atoms with E-state index in [9.17, 15) is 4.79 Å². The van der Waals surface area contributed by atoms with Crippen LogP contribution in [0.15, 0.2) is 29.2 Å². The molecule has 1 aromatic carbocycles. The number of benzene rings is 1. The van der Waals surface area contributed by atoms with Gasteiger partial charge in [-0.25, -0.2) is 0 Å². The molecule has 2 rings (SSSR count). The lowest BCUT2D eigenvalue weighted by Crippen LogP contribution is -2.51. The van der Waals surface area contributed by atoms with Gasteiger partial charge in [-0.1, -0.05) is 13.8 Å². The molecular weight excluding hydrogens is 336 g/mol. The molecule has 0 radical (unpaired) electrons. The summed E-state index contributed by atoms with van der Waals surface area (Å²) in [6.07, 6.45) is 0. The summed E-state index contributed by atoms with van der Waals surface area (Å²) in [6, 6.07) is 8.23. The molecule has 140 valence electrons. The summed E-state index contributed by atoms with van der Waals surface area (Å²) in [6.45, 7) is 11.2. The molecule has 1 unspecified atom stereocenters. The van der Waals surface area contributed by atoms with Gasteiger partial charge in [0, 0.05) is 30.6 Å². The van der Waals surface area contributed by atoms with E-state index >= 15 is 0 Å². The fourth-order valence-corrected chi connectivity index (χ4v) is 3.64. The highest BCUT2D eigenvalue weighted by molar-refractivity contribution is 8.00. The number of hydrogen-bond acceptors (Lipinski definition) is 5. The first-order chi connectivity index (χ1) is 12.1. The van der Waals surface area contributed by atoms with Gasteiger partial charge < -0.3 is 14.8 Å². The predicted molar refractivity (Wildman–Crippen MR) is 102 cm³/mol. The average molecular weight is 367 g/mol. The van der Waals surface area contributed by atoms with E-state index in [1.54, 1.807) is 11.8 Å². The Labute approximate surface area is 155 Å². The highest BCUT2D eigenvalue weighted by atomic mass is 32.2. The summed E-state index contributed by atoms with van der Waals surface area (Å²) >= 11 is 1.55. The number of thioether (sulfide) groups is 1. The van der Waals surface area contributed by atoms with Gasteiger partial charge >= 0.3 is 0 Å². The van der Waals surface area contributed by atoms with Crippen molar-refractivity contribution >= 4 is 17.7 Å². The van der Waals surface area contributed by atoms with Crippen LogP contribution in [0.4, 0.5) is 0 Å². The Hall–Kier alpha value is -1.24. The molecule has 0 saturated carbocycles. The molecular formula is C19H30N2O3S. The van der Waals surface area contributed by atoms with Crippen molar-refractivity contribution in [2.24, 2.45) is 5.92 Å². The van der Waals surface area contributed by atoms with E-state index in [1.165, 1.54) is 0 Å². The second-order valence-corrected chi connectivity index (χ2v) is 7.51. The van der Waals surface area contributed by atoms with Crippen molar-refractivity contribution in [3.63, 3.8) is 0 Å². The van der Waals surface area contributed by atoms with Crippen molar-refractivity contribution in [2.45, 2.75) is 31.7 Å². The summed E-state index contributed by atoms with van der Waals surface area (Å²) in [5.74, 6) is 1.87. The van der Waals surface area contributed by atoms with Gasteiger partial charge in [-0.3, -0.25) is 9.69 Å². The van der Waals surface area contributed by atoms with E-state index in [2.05, 4.69) is 24.1 Å². The number of rotatable bonds is 9. The Kier molecular flexibility index (Phi) is 8.58. The standard InChI is InChI=1S/C19H30N2O3S/c1-4-24-16-5-7-17(8-6-16)25-14-19(22)20-13-18(15(2)3)21-9-11-23-12-10-21/h5-8,15,18H,4,9-14H2,1-3H3,(H,20,22). The third kappa shape index (κ3) is 6.88. The van der Waals surface area contributed by atoms with Crippen LogP contribution in [0.25, 0.3) is 0 Å². The monoisotopic (exact) mass is 366 g/mol. The third-order valence-electron chi connectivity index (χ3n) is 4.30. The maximum Gasteiger partial charge on any atom is 0.230 e. The average Bonchev–Trinajstić information content (AvgIpc) is 2.62. The van der Waals surface area contributed by atoms with Crippen LogP contribution in [-0.2, 0) is 9.53 Å². The zero-order valence-corrected chi connectivity index (χ0v) is 16.3. The number of nitrogens with zero attached hydrogens (tertiary/aromatic N) is 1. The molecule has 0 aliphatic carbocycles. The Bertz CT molecular complexity index is 516. The number of carbonyl (C=O) groups excluding carboxylic acids is 1. The molecule has 25 heavy (non-hydrogen) atoms. The van der Waals surface area contributed by atoms with E-state index in [1.807, 2.05) is 31.2 Å². The van der Waals surface area contributed by atoms with Crippen LogP contribution in [-0.4, -0.2) is 62.1 Å². The van der Waals surface area contributed by atoms with Crippen molar-refractivity contribution in [1.82, 2.24) is 10.2 Å². The SMILES string of the molecule is CCOc1ccc(SCC(=O)NCC(C(C)C)N2CCOCC2)cc1. The van der Waals surface area contributed by atoms with Gasteiger partial charge in [-0.2, -0.15) is 0 Å². The lowest BCUT2D eigenvalue weighted by Gasteiger charge is -2.36. The normalized spacial score (nSPS) is 16.6. The Morgan fingerprint density at radius 3 is 2.56 bits per heavy atom. The van der Waals surface area contributed by atoms with Gasteiger partial charge in [0.25, 0.3) is 0 Å². The minimum Gasteiger partial charge on any atom is -0.494 e. The van der Waals surface area contributed by atoms with Gasteiger partial charge in [-0.15, -0.1) is 11.8 Å². The number of carbonyl (C=O) groups is 1. The lowest BCUT2D eigenvalue weighted by molar-refractivity contribution is -0.119. The summed E-state index contributed by atoms with van der Waals surface area (Å²) in [7, 11) is 0. The van der Waals surface area contributed by atoms with Crippen LogP contribution in [0, 0.1) is 5.92 Å². The molecule has 0 aromatic heterocycles. The fraction of sp³-hybridized carbons (Fsp3) is 0.632. The van der Waals surface area contributed by atoms with Crippen molar-refractivity contribution in [3.05, 3.63) is 24.3 Å². The number of ether oxygens (including phenoxy) is 2. The highest BCUT2D eigenvalue weighted by Crippen LogP contribution is 2.21. The minimum absolute atomic E-state index is 0.0813. The zero-order valence-electron chi connectivity index (χ0n) is 15.5. The molecule has 0 bridgehead atoms. The molecule has 1 aromatic rings. The first-order valence-corrected chi connectivity index (χ1v) is 10.0. The van der Waals surface area contributed by atoms with E-state index < -0.39 is 0 Å². The quantitative estimate of drug-likeness (QED) is 0.681. The van der Waals surface area contributed by atoms with E-state index in [0.717, 1.165) is 36.9 Å². The molecule has 1 amide bonds. The molecule has 1 aliphatic rings. The van der Waals surface area contributed by atoms with Crippen molar-refractivity contribution in [1.29, 1.82) is 0 Å². The molecule has 6 heteroatoms. The van der Waals surface area contributed by atoms with Gasteiger partial charge in [0.05, 0.1) is 25.6 Å². The van der Waals surface area contributed by atoms with Gasteiger partial charge in [0.1, 0.15) is 5.75 Å². The summed E-state index contributed by atoms with van der Waals surface area (Å²) < 4.78 is 10.9. The molecule has 1 saturated heterocycles. The smallest absolute Gasteiger partial charge is 0.230 e. The lowest BCUT2D eigenvalue weighted by atomic mass is 10.0. The first-order valence-electron chi connectivity index (χ1n) is 9.04. The minimum atomic E-state index is 0.0813. The Balaban J connectivity index is 1.74. The van der Waals surface area contributed by atoms with Crippen molar-refractivity contribution < 1.29 is 14.3 Å². The number of hydrogen-bond donors (Lipinski definition) is 1. The van der Waals surface area contributed by atoms with Gasteiger partial charge in [-0.05, 0) is 37.1 Å². The van der Waals surface area contributed by atoms with Crippen LogP contribution < -0.4 is 10.1 Å². The van der Waals surface area contributed by atoms with Crippen LogP contribution >= 0.6 is 11.8 Å². The topological polar surface area (TPSA) is 50.8 Å². The number of morpholine rings is 1. The summed E-state index contributed by atoms with van der Waals surface area (Å²) in [5.41, 5.74) is 0. The molecule has 1 N–H and O–H groups in total. The molecule has 1 heterocycles. The van der Waals surface area contributed by atoms with Gasteiger partial charge in [0.15, 0.2) is 0 Å².